The second-order valence-electron chi connectivity index (χ2n) is 3.21. The third-order valence-electron chi connectivity index (χ3n) is 1.96. The Morgan fingerprint density at radius 3 is 2.88 bits per heavy atom. The van der Waals surface area contributed by atoms with E-state index in [0.717, 1.165) is 0 Å². The Hall–Kier alpha value is -2.44. The van der Waals surface area contributed by atoms with Gasteiger partial charge in [-0.2, -0.15) is 5.21 Å². The summed E-state index contributed by atoms with van der Waals surface area (Å²) in [5.41, 5.74) is 0. The van der Waals surface area contributed by atoms with Crippen molar-refractivity contribution >= 4 is 6.09 Å². The number of rotatable bonds is 4. The number of nitrogens with one attached hydrogen (secondary N) is 2. The molecule has 2 N–H and O–H groups in total. The van der Waals surface area contributed by atoms with E-state index in [4.69, 9.17) is 4.74 Å². The van der Waals surface area contributed by atoms with Crippen molar-refractivity contribution < 1.29 is 9.53 Å². The first-order valence-corrected chi connectivity index (χ1v) is 5.07. The van der Waals surface area contributed by atoms with E-state index in [1.54, 1.807) is 24.3 Å². The van der Waals surface area contributed by atoms with Gasteiger partial charge in [-0.3, -0.25) is 0 Å². The molecule has 0 aliphatic rings. The first kappa shape index (κ1) is 11.1. The number of hydrogen-bond donors (Lipinski definition) is 2. The van der Waals surface area contributed by atoms with Crippen LogP contribution in [0.25, 0.3) is 0 Å². The zero-order valence-electron chi connectivity index (χ0n) is 8.96. The van der Waals surface area contributed by atoms with E-state index in [-0.39, 0.29) is 0 Å². The van der Waals surface area contributed by atoms with Crippen molar-refractivity contribution in [2.24, 2.45) is 0 Å². The highest BCUT2D eigenvalue weighted by atomic mass is 16.5. The zero-order chi connectivity index (χ0) is 11.9. The largest absolute Gasteiger partial charge is 0.412 e. The van der Waals surface area contributed by atoms with E-state index >= 15 is 0 Å². The highest BCUT2D eigenvalue weighted by Crippen LogP contribution is 2.07. The van der Waals surface area contributed by atoms with Gasteiger partial charge in [0.2, 0.25) is 0 Å². The molecule has 7 nitrogen and oxygen atoms in total. The van der Waals surface area contributed by atoms with Crippen LogP contribution in [-0.2, 0) is 6.42 Å². The third-order valence-corrected chi connectivity index (χ3v) is 1.96. The summed E-state index contributed by atoms with van der Waals surface area (Å²) in [5, 5.41) is 15.8. The van der Waals surface area contributed by atoms with Crippen LogP contribution < -0.4 is 10.1 Å². The number of ether oxygens (including phenoxy) is 1. The molecular weight excluding hydrogens is 222 g/mol. The smallest absolute Gasteiger partial charge is 0.410 e. The van der Waals surface area contributed by atoms with E-state index in [1.165, 1.54) is 0 Å². The van der Waals surface area contributed by atoms with Crippen LogP contribution in [-0.4, -0.2) is 33.3 Å². The summed E-state index contributed by atoms with van der Waals surface area (Å²) in [7, 11) is 0. The molecule has 0 unspecified atom stereocenters. The van der Waals surface area contributed by atoms with Crippen LogP contribution in [0.3, 0.4) is 0 Å². The molecule has 0 saturated heterocycles. The SMILES string of the molecule is O=C(NCCc1nn[nH]n1)Oc1ccccc1. The molecule has 2 aromatic rings. The maximum absolute atomic E-state index is 11.3. The van der Waals surface area contributed by atoms with Gasteiger partial charge in [0.1, 0.15) is 5.75 Å². The summed E-state index contributed by atoms with van der Waals surface area (Å²) < 4.78 is 5.02. The summed E-state index contributed by atoms with van der Waals surface area (Å²) in [6, 6.07) is 8.85. The predicted molar refractivity (Wildman–Crippen MR) is 58.4 cm³/mol. The van der Waals surface area contributed by atoms with Crippen LogP contribution in [0.4, 0.5) is 4.79 Å². The molecule has 17 heavy (non-hydrogen) atoms. The normalized spacial score (nSPS) is 9.88. The molecule has 1 amide bonds. The number of carbonyl (C=O) groups is 1. The minimum atomic E-state index is -0.500. The number of benzene rings is 1. The lowest BCUT2D eigenvalue weighted by Gasteiger charge is -2.04. The fraction of sp³-hybridized carbons (Fsp3) is 0.200. The average Bonchev–Trinajstić information content (AvgIpc) is 2.83. The van der Waals surface area contributed by atoms with E-state index in [1.807, 2.05) is 6.07 Å². The molecule has 0 aliphatic carbocycles. The number of H-pyrrole nitrogens is 1. The Kier molecular flexibility index (Phi) is 3.64. The molecule has 1 aromatic heterocycles. The number of para-hydroxylation sites is 1. The number of aromatic nitrogens is 4. The Balaban J connectivity index is 1.71. The first-order chi connectivity index (χ1) is 8.34. The van der Waals surface area contributed by atoms with E-state index in [0.29, 0.717) is 24.5 Å². The van der Waals surface area contributed by atoms with Gasteiger partial charge in [-0.25, -0.2) is 4.79 Å². The topological polar surface area (TPSA) is 92.8 Å². The molecule has 7 heteroatoms. The Labute approximate surface area is 97.2 Å². The molecule has 0 radical (unpaired) electrons. The number of nitrogens with zero attached hydrogens (tertiary/aromatic N) is 3. The zero-order valence-corrected chi connectivity index (χ0v) is 8.96. The Morgan fingerprint density at radius 2 is 2.18 bits per heavy atom. The van der Waals surface area contributed by atoms with Gasteiger partial charge in [0.25, 0.3) is 0 Å². The molecule has 0 bridgehead atoms. The van der Waals surface area contributed by atoms with Crippen molar-refractivity contribution in [3.05, 3.63) is 36.2 Å². The number of aromatic amines is 1. The van der Waals surface area contributed by atoms with E-state index in [2.05, 4.69) is 25.9 Å². The van der Waals surface area contributed by atoms with Crippen molar-refractivity contribution in [1.82, 2.24) is 25.9 Å². The van der Waals surface area contributed by atoms with Gasteiger partial charge in [-0.05, 0) is 12.1 Å². The van der Waals surface area contributed by atoms with Crippen molar-refractivity contribution in [1.29, 1.82) is 0 Å². The molecule has 0 fully saturated rings. The van der Waals surface area contributed by atoms with Gasteiger partial charge in [0.15, 0.2) is 5.82 Å². The molecule has 1 heterocycles. The maximum Gasteiger partial charge on any atom is 0.412 e. The summed E-state index contributed by atoms with van der Waals surface area (Å²) in [4.78, 5) is 11.3. The number of carbonyl (C=O) groups excluding carboxylic acids is 1. The highest BCUT2D eigenvalue weighted by molar-refractivity contribution is 5.70. The van der Waals surface area contributed by atoms with E-state index < -0.39 is 6.09 Å². The van der Waals surface area contributed by atoms with Crippen LogP contribution >= 0.6 is 0 Å². The second kappa shape index (κ2) is 5.59. The molecule has 2 rings (SSSR count). The quantitative estimate of drug-likeness (QED) is 0.803. The number of hydrogen-bond acceptors (Lipinski definition) is 5. The number of tetrazole rings is 1. The van der Waals surface area contributed by atoms with Crippen molar-refractivity contribution in [2.45, 2.75) is 6.42 Å². The molecule has 0 spiro atoms. The monoisotopic (exact) mass is 233 g/mol. The van der Waals surface area contributed by atoms with Crippen LogP contribution in [0.5, 0.6) is 5.75 Å². The lowest BCUT2D eigenvalue weighted by atomic mass is 10.3. The summed E-state index contributed by atoms with van der Waals surface area (Å²) in [6.07, 6.45) is 0.000104. The molecule has 0 aliphatic heterocycles. The molecule has 1 aromatic carbocycles. The molecule has 0 saturated carbocycles. The van der Waals surface area contributed by atoms with Crippen LogP contribution in [0.15, 0.2) is 30.3 Å². The summed E-state index contributed by atoms with van der Waals surface area (Å²) >= 11 is 0. The van der Waals surface area contributed by atoms with E-state index in [9.17, 15) is 4.79 Å². The third kappa shape index (κ3) is 3.56. The van der Waals surface area contributed by atoms with Crippen molar-refractivity contribution in [2.75, 3.05) is 6.54 Å². The second-order valence-corrected chi connectivity index (χ2v) is 3.21. The molecule has 0 atom stereocenters. The first-order valence-electron chi connectivity index (χ1n) is 5.07. The lowest BCUT2D eigenvalue weighted by molar-refractivity contribution is 0.200. The lowest BCUT2D eigenvalue weighted by Crippen LogP contribution is -2.28. The van der Waals surface area contributed by atoms with Gasteiger partial charge in [0, 0.05) is 13.0 Å². The Bertz CT molecular complexity index is 457. The summed E-state index contributed by atoms with van der Waals surface area (Å²) in [6.45, 7) is 0.394. The maximum atomic E-state index is 11.3. The Morgan fingerprint density at radius 1 is 1.35 bits per heavy atom. The van der Waals surface area contributed by atoms with Crippen molar-refractivity contribution in [3.8, 4) is 5.75 Å². The molecular formula is C10H11N5O2. The predicted octanol–water partition coefficient (Wildman–Crippen LogP) is 0.531. The van der Waals surface area contributed by atoms with Gasteiger partial charge >= 0.3 is 6.09 Å². The number of amides is 1. The standard InChI is InChI=1S/C10H11N5O2/c16-10(17-8-4-2-1-3-5-8)11-7-6-9-12-14-15-13-9/h1-5H,6-7H2,(H,11,16)(H,12,13,14,15). The average molecular weight is 233 g/mol. The van der Waals surface area contributed by atoms with Gasteiger partial charge in [0.05, 0.1) is 0 Å². The van der Waals surface area contributed by atoms with Gasteiger partial charge < -0.3 is 10.1 Å². The van der Waals surface area contributed by atoms with Crippen LogP contribution in [0.2, 0.25) is 0 Å². The fourth-order valence-electron chi connectivity index (χ4n) is 1.20. The van der Waals surface area contributed by atoms with Gasteiger partial charge in [-0.1, -0.05) is 23.4 Å². The minimum absolute atomic E-state index is 0.394. The molecule has 88 valence electrons. The fourth-order valence-corrected chi connectivity index (χ4v) is 1.20. The minimum Gasteiger partial charge on any atom is -0.410 e. The summed E-state index contributed by atoms with van der Waals surface area (Å²) in [5.74, 6) is 1.05. The van der Waals surface area contributed by atoms with Crippen LogP contribution in [0.1, 0.15) is 5.82 Å². The highest BCUT2D eigenvalue weighted by Gasteiger charge is 2.04. The van der Waals surface area contributed by atoms with Crippen molar-refractivity contribution in [3.63, 3.8) is 0 Å². The van der Waals surface area contributed by atoms with Crippen LogP contribution in [0, 0.1) is 0 Å². The van der Waals surface area contributed by atoms with Gasteiger partial charge in [-0.15, -0.1) is 10.2 Å².